The molecule has 19 heavy (non-hydrogen) atoms. The van der Waals surface area contributed by atoms with Crippen molar-refractivity contribution in [3.63, 3.8) is 0 Å². The number of hydrogen-bond acceptors (Lipinski definition) is 4. The van der Waals surface area contributed by atoms with E-state index in [0.29, 0.717) is 11.3 Å². The maximum atomic E-state index is 12.2. The Labute approximate surface area is 112 Å². The summed E-state index contributed by atoms with van der Waals surface area (Å²) in [5, 5.41) is 6.18. The summed E-state index contributed by atoms with van der Waals surface area (Å²) in [6.07, 6.45) is 1.41. The van der Waals surface area contributed by atoms with Gasteiger partial charge in [-0.3, -0.25) is 9.82 Å². The number of aromatic amines is 1. The lowest BCUT2D eigenvalue weighted by Gasteiger charge is -2.09. The van der Waals surface area contributed by atoms with Gasteiger partial charge in [-0.25, -0.2) is 0 Å². The van der Waals surface area contributed by atoms with Crippen LogP contribution in [0.25, 0.3) is 0 Å². The van der Waals surface area contributed by atoms with E-state index < -0.39 is 10.0 Å². The van der Waals surface area contributed by atoms with Gasteiger partial charge < -0.3 is 5.73 Å². The number of sulfonamides is 1. The van der Waals surface area contributed by atoms with Gasteiger partial charge in [0.2, 0.25) is 0 Å². The molecule has 0 bridgehead atoms. The lowest BCUT2D eigenvalue weighted by Crippen LogP contribution is -2.16. The van der Waals surface area contributed by atoms with E-state index >= 15 is 0 Å². The van der Waals surface area contributed by atoms with Crippen molar-refractivity contribution in [2.45, 2.75) is 25.4 Å². The summed E-state index contributed by atoms with van der Waals surface area (Å²) in [4.78, 5) is 0. The molecule has 0 radical (unpaired) electrons. The van der Waals surface area contributed by atoms with Crippen LogP contribution in [0, 0.1) is 13.8 Å². The second-order valence-corrected chi connectivity index (χ2v) is 5.95. The molecule has 0 aliphatic carbocycles. The first-order valence-corrected chi connectivity index (χ1v) is 7.25. The van der Waals surface area contributed by atoms with E-state index in [1.165, 1.54) is 6.20 Å². The van der Waals surface area contributed by atoms with E-state index in [-0.39, 0.29) is 11.6 Å². The molecule has 1 heterocycles. The minimum Gasteiger partial charge on any atom is -0.326 e. The number of nitrogens with one attached hydrogen (secondary N) is 2. The summed E-state index contributed by atoms with van der Waals surface area (Å²) in [7, 11) is -3.69. The monoisotopic (exact) mass is 280 g/mol. The molecule has 1 aromatic heterocycles. The highest BCUT2D eigenvalue weighted by molar-refractivity contribution is 7.92. The summed E-state index contributed by atoms with van der Waals surface area (Å²) < 4.78 is 26.9. The van der Waals surface area contributed by atoms with Gasteiger partial charge in [0.15, 0.2) is 5.03 Å². The third kappa shape index (κ3) is 2.77. The van der Waals surface area contributed by atoms with Crippen LogP contribution in [0.3, 0.4) is 0 Å². The van der Waals surface area contributed by atoms with Crippen LogP contribution < -0.4 is 10.5 Å². The number of H-pyrrole nitrogens is 1. The minimum atomic E-state index is -3.69. The Kier molecular flexibility index (Phi) is 3.59. The number of aryl methyl sites for hydroxylation is 2. The number of hydrogen-bond donors (Lipinski definition) is 3. The smallest absolute Gasteiger partial charge is 0.279 e. The van der Waals surface area contributed by atoms with Gasteiger partial charge in [0.05, 0.1) is 6.20 Å². The molecular weight excluding hydrogens is 264 g/mol. The van der Waals surface area contributed by atoms with Gasteiger partial charge in [-0.1, -0.05) is 6.07 Å². The predicted octanol–water partition coefficient (Wildman–Crippen LogP) is 1.29. The number of aromatic nitrogens is 2. The molecule has 0 spiro atoms. The summed E-state index contributed by atoms with van der Waals surface area (Å²) in [6, 6.07) is 5.37. The second kappa shape index (κ2) is 5.02. The topological polar surface area (TPSA) is 101 Å². The van der Waals surface area contributed by atoms with E-state index in [1.54, 1.807) is 12.1 Å². The quantitative estimate of drug-likeness (QED) is 0.785. The molecule has 0 atom stereocenters. The highest BCUT2D eigenvalue weighted by Crippen LogP contribution is 2.19. The Morgan fingerprint density at radius 2 is 2.05 bits per heavy atom. The largest absolute Gasteiger partial charge is 0.326 e. The Bertz CT molecular complexity index is 692. The zero-order valence-corrected chi connectivity index (χ0v) is 11.6. The molecule has 1 aromatic carbocycles. The van der Waals surface area contributed by atoms with Crippen LogP contribution in [0.4, 0.5) is 5.69 Å². The normalized spacial score (nSPS) is 11.5. The van der Waals surface area contributed by atoms with Gasteiger partial charge >= 0.3 is 0 Å². The number of benzene rings is 1. The van der Waals surface area contributed by atoms with Crippen molar-refractivity contribution in [3.05, 3.63) is 41.1 Å². The first kappa shape index (κ1) is 13.6. The van der Waals surface area contributed by atoms with E-state index in [2.05, 4.69) is 14.9 Å². The Balaban J connectivity index is 2.34. The molecule has 4 N–H and O–H groups in total. The molecule has 0 amide bonds. The van der Waals surface area contributed by atoms with Gasteiger partial charge in [-0.05, 0) is 37.1 Å². The van der Waals surface area contributed by atoms with Crippen LogP contribution in [-0.2, 0) is 16.6 Å². The molecule has 2 rings (SSSR count). The van der Waals surface area contributed by atoms with Crippen molar-refractivity contribution in [1.29, 1.82) is 0 Å². The van der Waals surface area contributed by atoms with Gasteiger partial charge in [-0.15, -0.1) is 0 Å². The molecule has 0 aliphatic heterocycles. The minimum absolute atomic E-state index is 0.00762. The molecule has 2 aromatic rings. The Morgan fingerprint density at radius 1 is 1.32 bits per heavy atom. The van der Waals surface area contributed by atoms with Crippen LogP contribution in [0.1, 0.15) is 16.7 Å². The number of nitrogens with two attached hydrogens (primary N) is 1. The molecule has 6 nitrogen and oxygen atoms in total. The fourth-order valence-corrected chi connectivity index (χ4v) is 2.88. The SMILES string of the molecule is Cc1ccc(NS(=O)(=O)c2[nH]ncc2CN)cc1C. The van der Waals surface area contributed by atoms with Gasteiger partial charge in [0.1, 0.15) is 0 Å². The molecule has 0 aliphatic rings. The third-order valence-electron chi connectivity index (χ3n) is 2.93. The lowest BCUT2D eigenvalue weighted by atomic mass is 10.1. The van der Waals surface area contributed by atoms with E-state index in [9.17, 15) is 8.42 Å². The molecular formula is C12H16N4O2S. The standard InChI is InChI=1S/C12H16N4O2S/c1-8-3-4-11(5-9(8)2)16-19(17,18)12-10(6-13)7-14-15-12/h3-5,7,16H,6,13H2,1-2H3,(H,14,15). The zero-order chi connectivity index (χ0) is 14.0. The van der Waals surface area contributed by atoms with Crippen molar-refractivity contribution in [1.82, 2.24) is 10.2 Å². The van der Waals surface area contributed by atoms with Crippen molar-refractivity contribution in [2.75, 3.05) is 4.72 Å². The van der Waals surface area contributed by atoms with Crippen molar-refractivity contribution in [3.8, 4) is 0 Å². The number of rotatable bonds is 4. The second-order valence-electron chi connectivity index (χ2n) is 4.33. The first-order chi connectivity index (χ1) is 8.94. The molecule has 0 saturated heterocycles. The number of anilines is 1. The average Bonchev–Trinajstić information content (AvgIpc) is 2.82. The van der Waals surface area contributed by atoms with Crippen molar-refractivity contribution >= 4 is 15.7 Å². The molecule has 0 fully saturated rings. The lowest BCUT2D eigenvalue weighted by molar-refractivity contribution is 0.596. The van der Waals surface area contributed by atoms with Gasteiger partial charge in [0.25, 0.3) is 10.0 Å². The van der Waals surface area contributed by atoms with Gasteiger partial charge in [-0.2, -0.15) is 13.5 Å². The van der Waals surface area contributed by atoms with Crippen LogP contribution in [0.2, 0.25) is 0 Å². The van der Waals surface area contributed by atoms with Crippen molar-refractivity contribution < 1.29 is 8.42 Å². The molecule has 7 heteroatoms. The zero-order valence-electron chi connectivity index (χ0n) is 10.8. The average molecular weight is 280 g/mol. The summed E-state index contributed by atoms with van der Waals surface area (Å²) >= 11 is 0. The molecule has 0 unspecified atom stereocenters. The van der Waals surface area contributed by atoms with E-state index in [0.717, 1.165) is 11.1 Å². The molecule has 102 valence electrons. The summed E-state index contributed by atoms with van der Waals surface area (Å²) in [5.74, 6) is 0. The maximum absolute atomic E-state index is 12.2. The fraction of sp³-hybridized carbons (Fsp3) is 0.250. The highest BCUT2D eigenvalue weighted by atomic mass is 32.2. The summed E-state index contributed by atoms with van der Waals surface area (Å²) in [6.45, 7) is 4.00. The highest BCUT2D eigenvalue weighted by Gasteiger charge is 2.20. The maximum Gasteiger partial charge on any atom is 0.279 e. The van der Waals surface area contributed by atoms with Crippen LogP contribution in [0.5, 0.6) is 0 Å². The predicted molar refractivity (Wildman–Crippen MR) is 73.2 cm³/mol. The Hall–Kier alpha value is -1.86. The fourth-order valence-electron chi connectivity index (χ4n) is 1.69. The van der Waals surface area contributed by atoms with Crippen LogP contribution in [-0.4, -0.2) is 18.6 Å². The van der Waals surface area contributed by atoms with E-state index in [4.69, 9.17) is 5.73 Å². The first-order valence-electron chi connectivity index (χ1n) is 5.76. The van der Waals surface area contributed by atoms with Gasteiger partial charge in [0, 0.05) is 17.8 Å². The number of nitrogens with zero attached hydrogens (tertiary/aromatic N) is 1. The third-order valence-corrected chi connectivity index (χ3v) is 4.32. The van der Waals surface area contributed by atoms with Crippen LogP contribution >= 0.6 is 0 Å². The van der Waals surface area contributed by atoms with Crippen LogP contribution in [0.15, 0.2) is 29.4 Å². The van der Waals surface area contributed by atoms with Crippen molar-refractivity contribution in [2.24, 2.45) is 5.73 Å². The molecule has 0 saturated carbocycles. The Morgan fingerprint density at radius 3 is 2.68 bits per heavy atom. The summed E-state index contributed by atoms with van der Waals surface area (Å²) in [5.41, 5.74) is 8.57. The van der Waals surface area contributed by atoms with E-state index in [1.807, 2.05) is 19.9 Å².